The minimum atomic E-state index is -5.01. The van der Waals surface area contributed by atoms with Crippen molar-refractivity contribution in [2.24, 2.45) is 11.8 Å². The van der Waals surface area contributed by atoms with Gasteiger partial charge in [-0.25, -0.2) is 0 Å². The molecular weight excluding hydrogens is 696 g/mol. The molecule has 3 atom stereocenters. The molecule has 3 rings (SSSR count). The second-order valence-corrected chi connectivity index (χ2v) is 12.2. The predicted octanol–water partition coefficient (Wildman–Crippen LogP) is 6.83. The third kappa shape index (κ3) is 11.3. The van der Waals surface area contributed by atoms with Crippen molar-refractivity contribution in [3.05, 3.63) is 99.5 Å². The summed E-state index contributed by atoms with van der Waals surface area (Å²) in [6, 6.07) is 18.6. The number of rotatable bonds is 15. The zero-order valence-electron chi connectivity index (χ0n) is 26.0. The van der Waals surface area contributed by atoms with E-state index in [1.165, 1.54) is 44.2 Å². The summed E-state index contributed by atoms with van der Waals surface area (Å²) in [7, 11) is 0. The van der Waals surface area contributed by atoms with Crippen LogP contribution in [0.5, 0.6) is 5.75 Å². The zero-order valence-corrected chi connectivity index (χ0v) is 27.5. The molecule has 0 aliphatic heterocycles. The highest BCUT2D eigenvalue weighted by Gasteiger charge is 2.52. The van der Waals surface area contributed by atoms with Gasteiger partial charge in [0.15, 0.2) is 11.9 Å². The minimum Gasteiger partial charge on any atom is -0.480 e. The van der Waals surface area contributed by atoms with E-state index < -0.39 is 72.4 Å². The molecule has 0 fully saturated rings. The Hall–Kier alpha value is -4.54. The third-order valence-electron chi connectivity index (χ3n) is 7.23. The van der Waals surface area contributed by atoms with E-state index in [4.69, 9.17) is 27.9 Å². The first kappa shape index (κ1) is 38.9. The highest BCUT2D eigenvalue weighted by atomic mass is 35.5. The van der Waals surface area contributed by atoms with E-state index in [1.54, 1.807) is 42.5 Å². The monoisotopic (exact) mass is 725 g/mol. The second kappa shape index (κ2) is 16.7. The van der Waals surface area contributed by atoms with Crippen LogP contribution in [0.2, 0.25) is 10.0 Å². The van der Waals surface area contributed by atoms with E-state index in [9.17, 15) is 46.4 Å². The Balaban J connectivity index is 1.94. The van der Waals surface area contributed by atoms with Gasteiger partial charge in [0.05, 0.1) is 11.6 Å². The summed E-state index contributed by atoms with van der Waals surface area (Å²) in [4.78, 5) is 52.5. The molecule has 0 saturated heterocycles. The van der Waals surface area contributed by atoms with Gasteiger partial charge in [0.1, 0.15) is 18.3 Å². The van der Waals surface area contributed by atoms with Gasteiger partial charge in [-0.2, -0.15) is 27.2 Å². The maximum absolute atomic E-state index is 14.8. The number of halogens is 7. The minimum absolute atomic E-state index is 0.0466. The fraction of sp³-hybridized carbons (Fsp3) is 0.324. The summed E-state index contributed by atoms with van der Waals surface area (Å²) < 4.78 is 73.2. The van der Waals surface area contributed by atoms with Gasteiger partial charge in [0.25, 0.3) is 11.8 Å². The van der Waals surface area contributed by atoms with Gasteiger partial charge in [-0.3, -0.25) is 19.2 Å². The number of nitrogens with zero attached hydrogens (tertiary/aromatic N) is 1. The third-order valence-corrected chi connectivity index (χ3v) is 7.68. The number of nitrogens with one attached hydrogen (secondary N) is 2. The van der Waals surface area contributed by atoms with Crippen LogP contribution < -0.4 is 15.4 Å². The standard InChI is InChI=1S/C34H30Cl2F5N3O5/c1-19(2)26(30(46)34(40,41)32(48)43-18-33(37,38)39)16-27(45)29(22-8-4-3-5-9-22)44-31(47)28(14-20-7-6-10-23(35)11-20)49-25-13-21(17-42)12-24(36)15-25/h3-13,15,19,26,28-29H,14,16,18H2,1-2H3,(H,43,48)(H,44,47)/t26-,28+,29-/m0/s1. The molecule has 2 N–H and O–H groups in total. The van der Waals surface area contributed by atoms with Gasteiger partial charge < -0.3 is 15.4 Å². The predicted molar refractivity (Wildman–Crippen MR) is 170 cm³/mol. The number of hydrogen-bond donors (Lipinski definition) is 2. The van der Waals surface area contributed by atoms with E-state index in [0.717, 1.165) is 5.32 Å². The maximum atomic E-state index is 14.8. The van der Waals surface area contributed by atoms with Crippen LogP contribution in [0.4, 0.5) is 22.0 Å². The van der Waals surface area contributed by atoms with Gasteiger partial charge in [-0.1, -0.05) is 79.5 Å². The van der Waals surface area contributed by atoms with Crippen LogP contribution in [-0.4, -0.2) is 48.1 Å². The molecule has 0 aliphatic carbocycles. The van der Waals surface area contributed by atoms with Crippen LogP contribution in [0, 0.1) is 23.2 Å². The van der Waals surface area contributed by atoms with Crippen LogP contribution in [-0.2, 0) is 25.6 Å². The Kier molecular flexibility index (Phi) is 13.3. The van der Waals surface area contributed by atoms with E-state index in [1.807, 2.05) is 6.07 Å². The SMILES string of the molecule is CC(C)[C@H](CC(=O)[C@@H](NC(=O)[C@@H](Cc1cccc(Cl)c1)Oc1cc(Cl)cc(C#N)c1)c1ccccc1)C(=O)C(F)(F)C(=O)NCC(F)(F)F. The molecule has 15 heteroatoms. The van der Waals surface area contributed by atoms with Gasteiger partial charge >= 0.3 is 12.1 Å². The molecule has 8 nitrogen and oxygen atoms in total. The lowest BCUT2D eigenvalue weighted by atomic mass is 9.82. The molecule has 0 spiro atoms. The van der Waals surface area contributed by atoms with Crippen LogP contribution in [0.3, 0.4) is 0 Å². The van der Waals surface area contributed by atoms with Crippen molar-refractivity contribution in [1.29, 1.82) is 5.26 Å². The Morgan fingerprint density at radius 2 is 1.57 bits per heavy atom. The lowest BCUT2D eigenvalue weighted by molar-refractivity contribution is -0.167. The van der Waals surface area contributed by atoms with Crippen molar-refractivity contribution < 1.29 is 45.9 Å². The van der Waals surface area contributed by atoms with E-state index in [-0.39, 0.29) is 28.3 Å². The van der Waals surface area contributed by atoms with Gasteiger partial charge in [-0.05, 0) is 47.4 Å². The molecule has 3 aromatic carbocycles. The van der Waals surface area contributed by atoms with Gasteiger partial charge in [-0.15, -0.1) is 0 Å². The molecule has 0 bridgehead atoms. The van der Waals surface area contributed by atoms with Crippen molar-refractivity contribution in [3.63, 3.8) is 0 Å². The lowest BCUT2D eigenvalue weighted by Gasteiger charge is -2.27. The summed E-state index contributed by atoms with van der Waals surface area (Å²) in [6.45, 7) is 0.559. The molecule has 0 saturated carbocycles. The van der Waals surface area contributed by atoms with Crippen molar-refractivity contribution >= 4 is 46.6 Å². The second-order valence-electron chi connectivity index (χ2n) is 11.3. The van der Waals surface area contributed by atoms with Crippen molar-refractivity contribution in [1.82, 2.24) is 10.6 Å². The Morgan fingerprint density at radius 3 is 2.16 bits per heavy atom. The van der Waals surface area contributed by atoms with Crippen LogP contribution >= 0.6 is 23.2 Å². The fourth-order valence-electron chi connectivity index (χ4n) is 4.76. The molecule has 0 heterocycles. The molecule has 49 heavy (non-hydrogen) atoms. The molecule has 3 aromatic rings. The van der Waals surface area contributed by atoms with Crippen LogP contribution in [0.15, 0.2) is 72.8 Å². The number of nitriles is 1. The number of alkyl halides is 5. The van der Waals surface area contributed by atoms with Crippen molar-refractivity contribution in [3.8, 4) is 11.8 Å². The number of carbonyl (C=O) groups excluding carboxylic acids is 4. The normalized spacial score (nSPS) is 13.5. The van der Waals surface area contributed by atoms with Crippen LogP contribution in [0.1, 0.15) is 43.0 Å². The quantitative estimate of drug-likeness (QED) is 0.131. The largest absolute Gasteiger partial charge is 0.480 e. The molecule has 0 aromatic heterocycles. The smallest absolute Gasteiger partial charge is 0.405 e. The summed E-state index contributed by atoms with van der Waals surface area (Å²) in [6.07, 6.45) is -7.38. The highest BCUT2D eigenvalue weighted by molar-refractivity contribution is 6.31. The molecule has 2 amide bonds. The highest BCUT2D eigenvalue weighted by Crippen LogP contribution is 2.30. The average Bonchev–Trinajstić information content (AvgIpc) is 3.03. The van der Waals surface area contributed by atoms with Gasteiger partial charge in [0.2, 0.25) is 5.78 Å². The number of Topliss-reactive ketones (excluding diaryl/α,β-unsaturated/α-hetero) is 2. The Labute approximate surface area is 288 Å². The average molecular weight is 727 g/mol. The summed E-state index contributed by atoms with van der Waals surface area (Å²) in [5, 5.41) is 13.4. The first-order chi connectivity index (χ1) is 22.9. The Bertz CT molecular complexity index is 1710. The zero-order chi connectivity index (χ0) is 36.5. The van der Waals surface area contributed by atoms with E-state index in [2.05, 4.69) is 5.32 Å². The molecule has 0 radical (unpaired) electrons. The molecule has 0 aliphatic rings. The van der Waals surface area contributed by atoms with E-state index >= 15 is 0 Å². The lowest BCUT2D eigenvalue weighted by Crippen LogP contribution is -2.51. The summed E-state index contributed by atoms with van der Waals surface area (Å²) >= 11 is 12.2. The topological polar surface area (TPSA) is 125 Å². The van der Waals surface area contributed by atoms with E-state index in [0.29, 0.717) is 10.6 Å². The molecular formula is C34H30Cl2F5N3O5. The van der Waals surface area contributed by atoms with Gasteiger partial charge in [0, 0.05) is 28.8 Å². The number of carbonyl (C=O) groups is 4. The molecule has 260 valence electrons. The first-order valence-corrected chi connectivity index (χ1v) is 15.4. The first-order valence-electron chi connectivity index (χ1n) is 14.7. The molecule has 0 unspecified atom stereocenters. The summed E-state index contributed by atoms with van der Waals surface area (Å²) in [5.74, 6) is -13.9. The number of amides is 2. The fourth-order valence-corrected chi connectivity index (χ4v) is 5.20. The Morgan fingerprint density at radius 1 is 0.898 bits per heavy atom. The number of ketones is 2. The summed E-state index contributed by atoms with van der Waals surface area (Å²) in [5.41, 5.74) is 0.894. The van der Waals surface area contributed by atoms with Crippen molar-refractivity contribution in [2.45, 2.75) is 50.9 Å². The maximum Gasteiger partial charge on any atom is 0.405 e. The number of benzene rings is 3. The van der Waals surface area contributed by atoms with Crippen molar-refractivity contribution in [2.75, 3.05) is 6.54 Å². The number of ether oxygens (including phenoxy) is 1. The van der Waals surface area contributed by atoms with Crippen LogP contribution in [0.25, 0.3) is 0 Å². The number of hydrogen-bond acceptors (Lipinski definition) is 6.